The fraction of sp³-hybridized carbons (Fsp3) is 0.214. The van der Waals surface area contributed by atoms with Crippen LogP contribution in [0.5, 0.6) is 0 Å². The van der Waals surface area contributed by atoms with E-state index in [0.717, 1.165) is 12.1 Å². The Morgan fingerprint density at radius 2 is 2.21 bits per heavy atom. The Labute approximate surface area is 115 Å². The van der Waals surface area contributed by atoms with E-state index in [1.54, 1.807) is 11.3 Å². The SMILES string of the molecule is Cn1ccc(CC(NN)c2cc3ccccc3s2)n1. The summed E-state index contributed by atoms with van der Waals surface area (Å²) in [5.74, 6) is 5.70. The first-order valence-corrected chi connectivity index (χ1v) is 7.01. The molecule has 1 aromatic carbocycles. The first kappa shape index (κ1) is 12.3. The van der Waals surface area contributed by atoms with Crippen LogP contribution in [0.3, 0.4) is 0 Å². The van der Waals surface area contributed by atoms with E-state index in [9.17, 15) is 0 Å². The molecule has 19 heavy (non-hydrogen) atoms. The molecule has 0 radical (unpaired) electrons. The van der Waals surface area contributed by atoms with Crippen molar-refractivity contribution in [3.63, 3.8) is 0 Å². The van der Waals surface area contributed by atoms with Crippen LogP contribution in [0, 0.1) is 0 Å². The number of benzene rings is 1. The summed E-state index contributed by atoms with van der Waals surface area (Å²) in [5.41, 5.74) is 3.94. The average Bonchev–Trinajstić information content (AvgIpc) is 3.01. The number of nitrogens with zero attached hydrogens (tertiary/aromatic N) is 2. The molecule has 98 valence electrons. The van der Waals surface area contributed by atoms with Crippen LogP contribution < -0.4 is 11.3 Å². The monoisotopic (exact) mass is 272 g/mol. The van der Waals surface area contributed by atoms with Crippen LogP contribution in [0.4, 0.5) is 0 Å². The van der Waals surface area contributed by atoms with Gasteiger partial charge in [-0.1, -0.05) is 18.2 Å². The molecule has 0 aliphatic rings. The second kappa shape index (κ2) is 5.13. The Balaban J connectivity index is 1.88. The Morgan fingerprint density at radius 1 is 1.37 bits per heavy atom. The molecule has 0 fully saturated rings. The Bertz CT molecular complexity index is 652. The molecular formula is C14H16N4S. The first-order chi connectivity index (χ1) is 9.26. The summed E-state index contributed by atoms with van der Waals surface area (Å²) in [6, 6.07) is 12.7. The molecule has 4 nitrogen and oxygen atoms in total. The molecule has 0 saturated carbocycles. The summed E-state index contributed by atoms with van der Waals surface area (Å²) < 4.78 is 3.10. The number of nitrogens with one attached hydrogen (secondary N) is 1. The summed E-state index contributed by atoms with van der Waals surface area (Å²) in [4.78, 5) is 1.24. The van der Waals surface area contributed by atoms with Gasteiger partial charge in [-0.3, -0.25) is 16.0 Å². The fourth-order valence-electron chi connectivity index (χ4n) is 2.20. The quantitative estimate of drug-likeness (QED) is 0.566. The predicted molar refractivity (Wildman–Crippen MR) is 78.8 cm³/mol. The third-order valence-electron chi connectivity index (χ3n) is 3.17. The molecule has 5 heteroatoms. The number of hydrogen-bond acceptors (Lipinski definition) is 4. The van der Waals surface area contributed by atoms with E-state index in [1.165, 1.54) is 15.0 Å². The smallest absolute Gasteiger partial charge is 0.0644 e. The van der Waals surface area contributed by atoms with Crippen molar-refractivity contribution in [2.45, 2.75) is 12.5 Å². The molecule has 0 spiro atoms. The standard InChI is InChI=1S/C14H16N4S/c1-18-7-6-11(17-18)9-12(16-15)14-8-10-4-2-3-5-13(10)19-14/h2-8,12,16H,9,15H2,1H3. The van der Waals surface area contributed by atoms with Crippen molar-refractivity contribution in [3.05, 3.63) is 53.2 Å². The average molecular weight is 272 g/mol. The lowest BCUT2D eigenvalue weighted by atomic mass is 10.1. The molecule has 1 atom stereocenters. The van der Waals surface area contributed by atoms with Crippen LogP contribution in [0.15, 0.2) is 42.6 Å². The zero-order chi connectivity index (χ0) is 13.2. The zero-order valence-electron chi connectivity index (χ0n) is 10.7. The lowest BCUT2D eigenvalue weighted by Crippen LogP contribution is -2.29. The van der Waals surface area contributed by atoms with Gasteiger partial charge in [-0.2, -0.15) is 5.10 Å². The lowest BCUT2D eigenvalue weighted by Gasteiger charge is -2.12. The lowest BCUT2D eigenvalue weighted by molar-refractivity contribution is 0.549. The Kier molecular flexibility index (Phi) is 3.33. The van der Waals surface area contributed by atoms with Crippen LogP contribution in [0.1, 0.15) is 16.6 Å². The molecule has 3 rings (SSSR count). The third kappa shape index (κ3) is 2.53. The molecule has 1 unspecified atom stereocenters. The van der Waals surface area contributed by atoms with E-state index in [-0.39, 0.29) is 6.04 Å². The van der Waals surface area contributed by atoms with Gasteiger partial charge < -0.3 is 0 Å². The Hall–Kier alpha value is -1.69. The van der Waals surface area contributed by atoms with Gasteiger partial charge in [0.05, 0.1) is 11.7 Å². The number of hydrogen-bond donors (Lipinski definition) is 2. The normalized spacial score (nSPS) is 12.9. The molecule has 0 aliphatic heterocycles. The van der Waals surface area contributed by atoms with Crippen LogP contribution in [0.25, 0.3) is 10.1 Å². The van der Waals surface area contributed by atoms with Crippen molar-refractivity contribution in [2.75, 3.05) is 0 Å². The van der Waals surface area contributed by atoms with Crippen molar-refractivity contribution in [2.24, 2.45) is 12.9 Å². The number of hydrazine groups is 1. The number of thiophene rings is 1. The van der Waals surface area contributed by atoms with Crippen molar-refractivity contribution in [3.8, 4) is 0 Å². The van der Waals surface area contributed by atoms with Gasteiger partial charge in [-0.25, -0.2) is 0 Å². The van der Waals surface area contributed by atoms with Gasteiger partial charge in [0.15, 0.2) is 0 Å². The minimum Gasteiger partial charge on any atom is -0.276 e. The molecule has 0 bridgehead atoms. The minimum absolute atomic E-state index is 0.104. The maximum Gasteiger partial charge on any atom is 0.0644 e. The number of fused-ring (bicyclic) bond motifs is 1. The highest BCUT2D eigenvalue weighted by atomic mass is 32.1. The van der Waals surface area contributed by atoms with Crippen molar-refractivity contribution in [1.29, 1.82) is 0 Å². The number of nitrogens with two attached hydrogens (primary N) is 1. The topological polar surface area (TPSA) is 55.9 Å². The molecule has 0 aliphatic carbocycles. The molecule has 0 amide bonds. The van der Waals surface area contributed by atoms with Crippen molar-refractivity contribution >= 4 is 21.4 Å². The van der Waals surface area contributed by atoms with E-state index < -0.39 is 0 Å². The van der Waals surface area contributed by atoms with Gasteiger partial charge in [0.2, 0.25) is 0 Å². The van der Waals surface area contributed by atoms with Gasteiger partial charge in [-0.05, 0) is 23.6 Å². The summed E-state index contributed by atoms with van der Waals surface area (Å²) in [5, 5.41) is 5.67. The minimum atomic E-state index is 0.104. The molecular weight excluding hydrogens is 256 g/mol. The summed E-state index contributed by atoms with van der Waals surface area (Å²) >= 11 is 1.78. The maximum absolute atomic E-state index is 5.70. The first-order valence-electron chi connectivity index (χ1n) is 6.19. The van der Waals surface area contributed by atoms with Gasteiger partial charge in [0, 0.05) is 29.2 Å². The maximum atomic E-state index is 5.70. The fourth-order valence-corrected chi connectivity index (χ4v) is 3.32. The van der Waals surface area contributed by atoms with Crippen LogP contribution >= 0.6 is 11.3 Å². The molecule has 3 N–H and O–H groups in total. The third-order valence-corrected chi connectivity index (χ3v) is 4.40. The zero-order valence-corrected chi connectivity index (χ0v) is 11.5. The van der Waals surface area contributed by atoms with Crippen molar-refractivity contribution in [1.82, 2.24) is 15.2 Å². The number of rotatable bonds is 4. The summed E-state index contributed by atoms with van der Waals surface area (Å²) in [6.07, 6.45) is 2.75. The molecule has 3 aromatic rings. The molecule has 2 aromatic heterocycles. The molecule has 0 saturated heterocycles. The Morgan fingerprint density at radius 3 is 2.89 bits per heavy atom. The van der Waals surface area contributed by atoms with E-state index in [0.29, 0.717) is 0 Å². The highest BCUT2D eigenvalue weighted by molar-refractivity contribution is 7.19. The predicted octanol–water partition coefficient (Wildman–Crippen LogP) is 2.38. The summed E-state index contributed by atoms with van der Waals surface area (Å²) in [7, 11) is 1.92. The highest BCUT2D eigenvalue weighted by Crippen LogP contribution is 2.30. The van der Waals surface area contributed by atoms with Gasteiger partial charge in [0.1, 0.15) is 0 Å². The second-order valence-electron chi connectivity index (χ2n) is 4.59. The van der Waals surface area contributed by atoms with E-state index in [1.807, 2.05) is 24.0 Å². The summed E-state index contributed by atoms with van der Waals surface area (Å²) in [6.45, 7) is 0. The van der Waals surface area contributed by atoms with Crippen molar-refractivity contribution < 1.29 is 0 Å². The van der Waals surface area contributed by atoms with Crippen LogP contribution in [0.2, 0.25) is 0 Å². The van der Waals surface area contributed by atoms with Gasteiger partial charge in [-0.15, -0.1) is 11.3 Å². The largest absolute Gasteiger partial charge is 0.276 e. The van der Waals surface area contributed by atoms with Crippen LogP contribution in [-0.4, -0.2) is 9.78 Å². The number of aromatic nitrogens is 2. The van der Waals surface area contributed by atoms with Gasteiger partial charge in [0.25, 0.3) is 0 Å². The second-order valence-corrected chi connectivity index (χ2v) is 5.71. The van der Waals surface area contributed by atoms with E-state index in [2.05, 4.69) is 40.9 Å². The van der Waals surface area contributed by atoms with Gasteiger partial charge >= 0.3 is 0 Å². The number of aryl methyl sites for hydroxylation is 1. The highest BCUT2D eigenvalue weighted by Gasteiger charge is 2.15. The molecule has 2 heterocycles. The van der Waals surface area contributed by atoms with E-state index >= 15 is 0 Å². The van der Waals surface area contributed by atoms with Crippen LogP contribution in [-0.2, 0) is 13.5 Å². The van der Waals surface area contributed by atoms with E-state index in [4.69, 9.17) is 5.84 Å².